The van der Waals surface area contributed by atoms with Gasteiger partial charge in [0.2, 0.25) is 0 Å². The summed E-state index contributed by atoms with van der Waals surface area (Å²) >= 11 is 0. The Morgan fingerprint density at radius 2 is 1.73 bits per heavy atom. The minimum Gasteiger partial charge on any atom is -0.508 e. The van der Waals surface area contributed by atoms with E-state index in [1.807, 2.05) is 18.2 Å². The van der Waals surface area contributed by atoms with Crippen molar-refractivity contribution in [2.75, 3.05) is 7.11 Å². The molecule has 0 aliphatic carbocycles. The van der Waals surface area contributed by atoms with Gasteiger partial charge in [-0.05, 0) is 43.0 Å². The van der Waals surface area contributed by atoms with E-state index in [-0.39, 0.29) is 17.8 Å². The molecule has 33 heavy (non-hydrogen) atoms. The number of hydrogen-bond acceptors (Lipinski definition) is 5. The molecule has 0 aromatic heterocycles. The highest BCUT2D eigenvalue weighted by molar-refractivity contribution is 5.73. The van der Waals surface area contributed by atoms with Crippen molar-refractivity contribution in [3.05, 3.63) is 47.5 Å². The molecule has 3 rings (SSSR count). The van der Waals surface area contributed by atoms with E-state index in [1.165, 1.54) is 44.9 Å². The summed E-state index contributed by atoms with van der Waals surface area (Å²) < 4.78 is 17.3. The maximum absolute atomic E-state index is 12.6. The van der Waals surface area contributed by atoms with E-state index < -0.39 is 0 Å². The maximum Gasteiger partial charge on any atom is 0.311 e. The number of phenolic OH excluding ortho intramolecular Hbond substituents is 1. The summed E-state index contributed by atoms with van der Waals surface area (Å²) in [4.78, 5) is 12.6. The van der Waals surface area contributed by atoms with E-state index in [0.29, 0.717) is 23.7 Å². The van der Waals surface area contributed by atoms with Gasteiger partial charge in [-0.15, -0.1) is 0 Å². The maximum atomic E-state index is 12.6. The van der Waals surface area contributed by atoms with Crippen LogP contribution in [0.4, 0.5) is 0 Å². The average molecular weight is 455 g/mol. The molecule has 0 fully saturated rings. The van der Waals surface area contributed by atoms with E-state index >= 15 is 0 Å². The summed E-state index contributed by atoms with van der Waals surface area (Å²) in [6, 6.07) is 10.7. The van der Waals surface area contributed by atoms with Crippen LogP contribution < -0.4 is 14.2 Å². The molecule has 0 saturated carbocycles. The number of ether oxygens (including phenoxy) is 3. The van der Waals surface area contributed by atoms with Gasteiger partial charge >= 0.3 is 5.97 Å². The second kappa shape index (κ2) is 13.1. The number of esters is 1. The Balaban J connectivity index is 1.53. The summed E-state index contributed by atoms with van der Waals surface area (Å²) in [7, 11) is 1.60. The fourth-order valence-electron chi connectivity index (χ4n) is 4.33. The fraction of sp³-hybridized carbons (Fsp3) is 0.536. The first-order valence-corrected chi connectivity index (χ1v) is 12.5. The molecule has 5 nitrogen and oxygen atoms in total. The average Bonchev–Trinajstić information content (AvgIpc) is 2.82. The van der Waals surface area contributed by atoms with Gasteiger partial charge in [-0.2, -0.15) is 0 Å². The normalized spacial score (nSPS) is 14.9. The molecule has 1 unspecified atom stereocenters. The first kappa shape index (κ1) is 24.9. The van der Waals surface area contributed by atoms with Crippen LogP contribution in [-0.4, -0.2) is 18.2 Å². The Kier molecular flexibility index (Phi) is 9.92. The van der Waals surface area contributed by atoms with Gasteiger partial charge in [0.05, 0.1) is 7.11 Å². The molecule has 1 aliphatic rings. The molecule has 5 heteroatoms. The van der Waals surface area contributed by atoms with Gasteiger partial charge in [0.15, 0.2) is 0 Å². The number of rotatable bonds is 13. The third kappa shape index (κ3) is 7.69. The van der Waals surface area contributed by atoms with Gasteiger partial charge < -0.3 is 19.3 Å². The molecular weight excluding hydrogens is 416 g/mol. The van der Waals surface area contributed by atoms with Crippen LogP contribution in [0, 0.1) is 0 Å². The molecule has 1 N–H and O–H groups in total. The van der Waals surface area contributed by atoms with Crippen molar-refractivity contribution < 1.29 is 24.1 Å². The predicted octanol–water partition coefficient (Wildman–Crippen LogP) is 7.29. The van der Waals surface area contributed by atoms with Crippen molar-refractivity contribution in [1.29, 1.82) is 0 Å². The second-order valence-electron chi connectivity index (χ2n) is 8.89. The van der Waals surface area contributed by atoms with Crippen molar-refractivity contribution in [1.82, 2.24) is 0 Å². The predicted molar refractivity (Wildman–Crippen MR) is 130 cm³/mol. The molecular formula is C28H38O5. The van der Waals surface area contributed by atoms with Gasteiger partial charge in [0.25, 0.3) is 0 Å². The largest absolute Gasteiger partial charge is 0.508 e. The molecule has 0 spiro atoms. The van der Waals surface area contributed by atoms with Crippen LogP contribution in [-0.2, 0) is 11.2 Å². The van der Waals surface area contributed by atoms with E-state index in [1.54, 1.807) is 25.3 Å². The summed E-state index contributed by atoms with van der Waals surface area (Å²) in [5.41, 5.74) is 1.90. The molecule has 0 saturated heterocycles. The zero-order chi connectivity index (χ0) is 23.5. The van der Waals surface area contributed by atoms with Crippen molar-refractivity contribution in [3.8, 4) is 23.0 Å². The first-order valence-electron chi connectivity index (χ1n) is 12.5. The quantitative estimate of drug-likeness (QED) is 0.195. The summed E-state index contributed by atoms with van der Waals surface area (Å²) in [6.45, 7) is 2.24. The molecule has 180 valence electrons. The number of hydrogen-bond donors (Lipinski definition) is 1. The topological polar surface area (TPSA) is 65.0 Å². The molecule has 1 aliphatic heterocycles. The number of aryl methyl sites for hydroxylation is 1. The minimum absolute atomic E-state index is 0.178. The minimum atomic E-state index is -0.249. The Morgan fingerprint density at radius 3 is 2.45 bits per heavy atom. The lowest BCUT2D eigenvalue weighted by atomic mass is 9.96. The standard InChI is InChI=1S/C28H38O5/c1-3-4-5-6-7-8-9-10-11-12-28(30)33-27-20-23(31-2)16-17-24(27)25-18-14-21-13-15-22(29)19-26(21)32-25/h13,15-17,19-20,25,29H,3-12,14,18H2,1-2H3. The van der Waals surface area contributed by atoms with Gasteiger partial charge in [0, 0.05) is 24.1 Å². The lowest BCUT2D eigenvalue weighted by Crippen LogP contribution is -2.17. The number of unbranched alkanes of at least 4 members (excludes halogenated alkanes) is 8. The lowest BCUT2D eigenvalue weighted by Gasteiger charge is -2.27. The first-order chi connectivity index (χ1) is 16.1. The van der Waals surface area contributed by atoms with Crippen LogP contribution in [0.25, 0.3) is 0 Å². The number of benzene rings is 2. The molecule has 1 atom stereocenters. The summed E-state index contributed by atoms with van der Waals surface area (Å²) in [6.07, 6.45) is 12.6. The zero-order valence-electron chi connectivity index (χ0n) is 20.1. The van der Waals surface area contributed by atoms with Crippen LogP contribution >= 0.6 is 0 Å². The number of carbonyl (C=O) groups excluding carboxylic acids is 1. The van der Waals surface area contributed by atoms with E-state index in [4.69, 9.17) is 14.2 Å². The molecule has 1 heterocycles. The van der Waals surface area contributed by atoms with Crippen LogP contribution in [0.2, 0.25) is 0 Å². The van der Waals surface area contributed by atoms with Crippen LogP contribution in [0.1, 0.15) is 94.8 Å². The van der Waals surface area contributed by atoms with Gasteiger partial charge in [-0.3, -0.25) is 4.79 Å². The number of fused-ring (bicyclic) bond motifs is 1. The second-order valence-corrected chi connectivity index (χ2v) is 8.89. The Morgan fingerprint density at radius 1 is 1.00 bits per heavy atom. The molecule has 0 amide bonds. The molecule has 0 bridgehead atoms. The van der Waals surface area contributed by atoms with E-state index in [2.05, 4.69) is 6.92 Å². The number of aromatic hydroxyl groups is 1. The number of methoxy groups -OCH3 is 1. The van der Waals surface area contributed by atoms with Crippen molar-refractivity contribution in [2.24, 2.45) is 0 Å². The van der Waals surface area contributed by atoms with Gasteiger partial charge in [-0.25, -0.2) is 0 Å². The van der Waals surface area contributed by atoms with E-state index in [0.717, 1.165) is 36.8 Å². The highest BCUT2D eigenvalue weighted by Gasteiger charge is 2.25. The zero-order valence-corrected chi connectivity index (χ0v) is 20.1. The van der Waals surface area contributed by atoms with Crippen molar-refractivity contribution in [3.63, 3.8) is 0 Å². The Hall–Kier alpha value is -2.69. The third-order valence-electron chi connectivity index (χ3n) is 6.27. The van der Waals surface area contributed by atoms with Gasteiger partial charge in [0.1, 0.15) is 29.1 Å². The van der Waals surface area contributed by atoms with Gasteiger partial charge in [-0.1, -0.05) is 64.4 Å². The van der Waals surface area contributed by atoms with Crippen LogP contribution in [0.15, 0.2) is 36.4 Å². The van der Waals surface area contributed by atoms with Crippen molar-refractivity contribution >= 4 is 5.97 Å². The Labute approximate surface area is 198 Å². The monoisotopic (exact) mass is 454 g/mol. The summed E-state index contributed by atoms with van der Waals surface area (Å²) in [5.74, 6) is 1.76. The fourth-order valence-corrected chi connectivity index (χ4v) is 4.33. The van der Waals surface area contributed by atoms with Crippen LogP contribution in [0.5, 0.6) is 23.0 Å². The molecule has 0 radical (unpaired) electrons. The van der Waals surface area contributed by atoms with Crippen molar-refractivity contribution in [2.45, 2.75) is 90.1 Å². The highest BCUT2D eigenvalue weighted by Crippen LogP contribution is 2.40. The summed E-state index contributed by atoms with van der Waals surface area (Å²) in [5, 5.41) is 9.81. The third-order valence-corrected chi connectivity index (χ3v) is 6.27. The Bertz CT molecular complexity index is 892. The smallest absolute Gasteiger partial charge is 0.311 e. The molecule has 2 aromatic rings. The number of carbonyl (C=O) groups is 1. The SMILES string of the molecule is CCCCCCCCCCCC(=O)Oc1cc(OC)ccc1C1CCc2ccc(O)cc2O1. The lowest BCUT2D eigenvalue weighted by molar-refractivity contribution is -0.134. The van der Waals surface area contributed by atoms with Crippen LogP contribution in [0.3, 0.4) is 0 Å². The number of phenols is 1. The highest BCUT2D eigenvalue weighted by atomic mass is 16.5. The van der Waals surface area contributed by atoms with E-state index in [9.17, 15) is 9.90 Å². The molecule has 2 aromatic carbocycles.